The van der Waals surface area contributed by atoms with Gasteiger partial charge in [0.2, 0.25) is 0 Å². The van der Waals surface area contributed by atoms with Crippen LogP contribution in [0.4, 0.5) is 13.2 Å². The van der Waals surface area contributed by atoms with E-state index in [-0.39, 0.29) is 39.4 Å². The van der Waals surface area contributed by atoms with Gasteiger partial charge in [-0.3, -0.25) is 9.78 Å². The minimum atomic E-state index is -4.57. The molecule has 0 aromatic carbocycles. The molecule has 1 aliphatic rings. The number of nitrogens with zero attached hydrogens (tertiary/aromatic N) is 7. The van der Waals surface area contributed by atoms with E-state index in [0.717, 1.165) is 36.5 Å². The molecular weight excluding hydrogens is 545 g/mol. The monoisotopic (exact) mass is 578 g/mol. The van der Waals surface area contributed by atoms with Crippen molar-refractivity contribution in [1.29, 1.82) is 5.26 Å². The molecule has 5 rings (SSSR count). The fourth-order valence-corrected chi connectivity index (χ4v) is 5.08. The minimum absolute atomic E-state index is 0.0323. The van der Waals surface area contributed by atoms with E-state index in [1.165, 1.54) is 10.7 Å². The number of hydrogen-bond donors (Lipinski definition) is 1. The molecule has 1 fully saturated rings. The van der Waals surface area contributed by atoms with Crippen molar-refractivity contribution in [2.24, 2.45) is 0 Å². The van der Waals surface area contributed by atoms with Crippen LogP contribution in [-0.4, -0.2) is 34.7 Å². The number of halogens is 3. The summed E-state index contributed by atoms with van der Waals surface area (Å²) < 4.78 is 40.5. The first kappa shape index (κ1) is 29.4. The van der Waals surface area contributed by atoms with Crippen molar-refractivity contribution >= 4 is 11.0 Å². The minimum Gasteiger partial charge on any atom is -0.310 e. The largest absolute Gasteiger partial charge is 0.433 e. The first-order valence-corrected chi connectivity index (χ1v) is 13.8. The van der Waals surface area contributed by atoms with Crippen molar-refractivity contribution in [1.82, 2.24) is 34.7 Å². The van der Waals surface area contributed by atoms with Crippen LogP contribution in [-0.2, 0) is 17.0 Å². The molecule has 1 N–H and O–H groups in total. The quantitative estimate of drug-likeness (QED) is 0.312. The summed E-state index contributed by atoms with van der Waals surface area (Å²) in [5.41, 5.74) is 0.483. The molecule has 9 nitrogen and oxygen atoms in total. The van der Waals surface area contributed by atoms with E-state index in [1.54, 1.807) is 6.92 Å². The van der Waals surface area contributed by atoms with Gasteiger partial charge >= 0.3 is 6.18 Å². The molecule has 220 valence electrons. The molecule has 0 bridgehead atoms. The van der Waals surface area contributed by atoms with Gasteiger partial charge in [0.15, 0.2) is 11.3 Å². The van der Waals surface area contributed by atoms with Gasteiger partial charge in [0.1, 0.15) is 28.8 Å². The number of H-pyrrole nitrogens is 1. The van der Waals surface area contributed by atoms with E-state index in [2.05, 4.69) is 62.7 Å². The summed E-state index contributed by atoms with van der Waals surface area (Å²) in [5.74, 6) is 0.912. The summed E-state index contributed by atoms with van der Waals surface area (Å²) in [6.45, 7) is 14.4. The highest BCUT2D eigenvalue weighted by Gasteiger charge is 2.39. The van der Waals surface area contributed by atoms with E-state index in [4.69, 9.17) is 15.0 Å². The molecule has 3 atom stereocenters. The predicted molar refractivity (Wildman–Crippen MR) is 150 cm³/mol. The maximum atomic E-state index is 13.3. The van der Waals surface area contributed by atoms with Gasteiger partial charge in [-0.05, 0) is 37.5 Å². The molecule has 4 aromatic heterocycles. The lowest BCUT2D eigenvalue weighted by molar-refractivity contribution is -0.141. The van der Waals surface area contributed by atoms with Crippen molar-refractivity contribution in [3.63, 3.8) is 0 Å². The molecule has 0 spiro atoms. The molecule has 0 radical (unpaired) electrons. The maximum absolute atomic E-state index is 13.3. The van der Waals surface area contributed by atoms with Gasteiger partial charge in [0, 0.05) is 40.3 Å². The van der Waals surface area contributed by atoms with Crippen molar-refractivity contribution in [3.05, 3.63) is 74.7 Å². The van der Waals surface area contributed by atoms with Crippen LogP contribution in [0.2, 0.25) is 0 Å². The summed E-state index contributed by atoms with van der Waals surface area (Å²) in [6, 6.07) is 5.55. The Hall–Kier alpha value is -4.14. The Morgan fingerprint density at radius 3 is 2.07 bits per heavy atom. The molecule has 0 amide bonds. The summed E-state index contributed by atoms with van der Waals surface area (Å²) >= 11 is 0. The number of pyridine rings is 1. The van der Waals surface area contributed by atoms with E-state index >= 15 is 0 Å². The third-order valence-electron chi connectivity index (χ3n) is 7.85. The second-order valence-corrected chi connectivity index (χ2v) is 13.0. The van der Waals surface area contributed by atoms with Gasteiger partial charge in [-0.2, -0.15) is 23.5 Å². The molecule has 0 aliphatic heterocycles. The third kappa shape index (κ3) is 5.28. The number of alkyl halides is 3. The van der Waals surface area contributed by atoms with Crippen LogP contribution in [0.25, 0.3) is 11.0 Å². The Kier molecular flexibility index (Phi) is 6.99. The number of aromatic amines is 1. The normalized spacial score (nSPS) is 18.5. The zero-order valence-corrected chi connectivity index (χ0v) is 24.6. The highest BCUT2D eigenvalue weighted by atomic mass is 19.4. The SMILES string of the molecule is C[C@H](c1ccc(C(F)(F)F)nc1)n1nc(C#N)c2c(=O)[nH]c(C3CC[C@H]3c3nc(C(C)(C)C)cc(C(C)(C)C)n3)nc21. The molecule has 1 unspecified atom stereocenters. The average molecular weight is 579 g/mol. The van der Waals surface area contributed by atoms with E-state index in [9.17, 15) is 23.2 Å². The van der Waals surface area contributed by atoms with Crippen molar-refractivity contribution in [2.45, 2.75) is 96.2 Å². The van der Waals surface area contributed by atoms with Crippen LogP contribution in [0.3, 0.4) is 0 Å². The van der Waals surface area contributed by atoms with Gasteiger partial charge in [-0.15, -0.1) is 0 Å². The Morgan fingerprint density at radius 1 is 0.976 bits per heavy atom. The predicted octanol–water partition coefficient (Wildman–Crippen LogP) is 6.06. The fraction of sp³-hybridized carbons (Fsp3) is 0.500. The van der Waals surface area contributed by atoms with E-state index in [1.807, 2.05) is 6.07 Å². The first-order valence-electron chi connectivity index (χ1n) is 13.8. The molecule has 4 aromatic rings. The second kappa shape index (κ2) is 10.00. The summed E-state index contributed by atoms with van der Waals surface area (Å²) in [4.78, 5) is 34.4. The zero-order chi connectivity index (χ0) is 30.8. The average Bonchev–Trinajstić information content (AvgIpc) is 3.25. The first-order chi connectivity index (χ1) is 19.5. The number of nitriles is 1. The van der Waals surface area contributed by atoms with E-state index < -0.39 is 23.5 Å². The van der Waals surface area contributed by atoms with Crippen LogP contribution in [0.1, 0.15) is 119 Å². The second-order valence-electron chi connectivity index (χ2n) is 13.0. The van der Waals surface area contributed by atoms with Crippen LogP contribution in [0, 0.1) is 11.3 Å². The number of aromatic nitrogens is 7. The number of nitrogens with one attached hydrogen (secondary N) is 1. The molecule has 12 heteroatoms. The lowest BCUT2D eigenvalue weighted by atomic mass is 9.72. The lowest BCUT2D eigenvalue weighted by Crippen LogP contribution is -2.30. The topological polar surface area (TPSA) is 126 Å². The lowest BCUT2D eigenvalue weighted by Gasteiger charge is -2.36. The third-order valence-corrected chi connectivity index (χ3v) is 7.85. The van der Waals surface area contributed by atoms with Gasteiger partial charge in [-0.1, -0.05) is 47.6 Å². The fourth-order valence-electron chi connectivity index (χ4n) is 5.08. The van der Waals surface area contributed by atoms with Gasteiger partial charge in [0.05, 0.1) is 6.04 Å². The molecule has 1 saturated carbocycles. The Bertz CT molecular complexity index is 1720. The summed E-state index contributed by atoms with van der Waals surface area (Å²) in [5, 5.41) is 14.0. The smallest absolute Gasteiger partial charge is 0.310 e. The van der Waals surface area contributed by atoms with Crippen LogP contribution in [0.5, 0.6) is 0 Å². The Balaban J connectivity index is 1.58. The number of hydrogen-bond acceptors (Lipinski definition) is 7. The van der Waals surface area contributed by atoms with E-state index in [0.29, 0.717) is 17.2 Å². The molecule has 42 heavy (non-hydrogen) atoms. The van der Waals surface area contributed by atoms with Gasteiger partial charge in [-0.25, -0.2) is 19.6 Å². The van der Waals surface area contributed by atoms with Crippen LogP contribution in [0.15, 0.2) is 29.2 Å². The van der Waals surface area contributed by atoms with Crippen LogP contribution < -0.4 is 5.56 Å². The highest BCUT2D eigenvalue weighted by molar-refractivity contribution is 5.80. The van der Waals surface area contributed by atoms with Crippen molar-refractivity contribution < 1.29 is 13.2 Å². The number of fused-ring (bicyclic) bond motifs is 1. The van der Waals surface area contributed by atoms with Gasteiger partial charge < -0.3 is 4.98 Å². The zero-order valence-electron chi connectivity index (χ0n) is 24.6. The number of rotatable bonds is 4. The molecule has 4 heterocycles. The molecular formula is C30H33F3N8O. The molecule has 1 aliphatic carbocycles. The van der Waals surface area contributed by atoms with Crippen molar-refractivity contribution in [3.8, 4) is 6.07 Å². The Labute approximate surface area is 241 Å². The summed E-state index contributed by atoms with van der Waals surface area (Å²) in [6.07, 6.45) is -1.87. The standard InChI is InChI=1S/C30H33F3N8O/c1-15(16-8-11-20(35-14-16)30(31,32)33)41-26-23(19(13-34)40-41)27(42)39-25(38-26)18-10-9-17(18)24-36-21(28(2,3)4)12-22(37-24)29(5,6)7/h8,11-12,14-15,17-18H,9-10H2,1-7H3,(H,38,39,42)/t15-,17-,18?/m1/s1. The maximum Gasteiger partial charge on any atom is 0.433 e. The summed E-state index contributed by atoms with van der Waals surface area (Å²) in [7, 11) is 0. The molecule has 0 saturated heterocycles. The van der Waals surface area contributed by atoms with Crippen LogP contribution >= 0.6 is 0 Å². The van der Waals surface area contributed by atoms with Crippen molar-refractivity contribution in [2.75, 3.05) is 0 Å². The highest BCUT2D eigenvalue weighted by Crippen LogP contribution is 2.47. The Morgan fingerprint density at radius 2 is 1.60 bits per heavy atom. The van der Waals surface area contributed by atoms with Gasteiger partial charge in [0.25, 0.3) is 5.56 Å².